The largest absolute Gasteiger partial charge is 0.393 e. The molecule has 0 amide bonds. The molecular formula is C15H22O2. The molecule has 1 fully saturated rings. The van der Waals surface area contributed by atoms with E-state index in [-0.39, 0.29) is 6.10 Å². The maximum atomic E-state index is 10.2. The monoisotopic (exact) mass is 234 g/mol. The summed E-state index contributed by atoms with van der Waals surface area (Å²) in [4.78, 5) is 0. The van der Waals surface area contributed by atoms with E-state index in [1.54, 1.807) is 7.11 Å². The molecule has 0 aliphatic heterocycles. The zero-order valence-corrected chi connectivity index (χ0v) is 10.7. The summed E-state index contributed by atoms with van der Waals surface area (Å²) in [6.45, 7) is 2.87. The highest BCUT2D eigenvalue weighted by atomic mass is 16.5. The zero-order valence-electron chi connectivity index (χ0n) is 10.7. The van der Waals surface area contributed by atoms with Crippen LogP contribution in [0.5, 0.6) is 0 Å². The van der Waals surface area contributed by atoms with Crippen molar-refractivity contribution in [3.8, 4) is 0 Å². The molecule has 2 heteroatoms. The molecule has 17 heavy (non-hydrogen) atoms. The van der Waals surface area contributed by atoms with Gasteiger partial charge in [-0.3, -0.25) is 0 Å². The number of hydrogen-bond donors (Lipinski definition) is 1. The minimum atomic E-state index is -0.176. The molecule has 0 radical (unpaired) electrons. The summed E-state index contributed by atoms with van der Waals surface area (Å²) in [6, 6.07) is 10.5. The summed E-state index contributed by atoms with van der Waals surface area (Å²) >= 11 is 0. The molecule has 1 saturated carbocycles. The van der Waals surface area contributed by atoms with E-state index in [0.717, 1.165) is 19.4 Å². The lowest BCUT2D eigenvalue weighted by Crippen LogP contribution is -2.17. The van der Waals surface area contributed by atoms with Crippen LogP contribution in [0.4, 0.5) is 0 Å². The highest BCUT2D eigenvalue weighted by Crippen LogP contribution is 2.50. The first kappa shape index (κ1) is 12.6. The molecule has 1 aliphatic carbocycles. The summed E-state index contributed by atoms with van der Waals surface area (Å²) < 4.78 is 5.11. The third kappa shape index (κ3) is 3.30. The minimum absolute atomic E-state index is 0.176. The number of aliphatic hydroxyl groups excluding tert-OH is 1. The number of aliphatic hydroxyl groups is 1. The van der Waals surface area contributed by atoms with E-state index in [1.165, 1.54) is 5.56 Å². The van der Waals surface area contributed by atoms with Crippen LogP contribution in [0.2, 0.25) is 0 Å². The van der Waals surface area contributed by atoms with Crippen molar-refractivity contribution in [1.29, 1.82) is 0 Å². The van der Waals surface area contributed by atoms with Crippen LogP contribution in [-0.2, 0) is 4.74 Å². The molecule has 1 N–H and O–H groups in total. The molecule has 4 atom stereocenters. The third-order valence-corrected chi connectivity index (χ3v) is 3.66. The maximum Gasteiger partial charge on any atom is 0.0577 e. The van der Waals surface area contributed by atoms with E-state index in [4.69, 9.17) is 4.74 Å². The molecule has 0 bridgehead atoms. The Morgan fingerprint density at radius 3 is 2.71 bits per heavy atom. The Labute approximate surface area is 104 Å². The molecule has 1 aliphatic rings. The Morgan fingerprint density at radius 2 is 2.06 bits per heavy atom. The molecule has 0 saturated heterocycles. The average Bonchev–Trinajstić information content (AvgIpc) is 3.10. The molecule has 2 rings (SSSR count). The van der Waals surface area contributed by atoms with E-state index in [0.29, 0.717) is 17.8 Å². The van der Waals surface area contributed by atoms with E-state index in [2.05, 4.69) is 31.2 Å². The fraction of sp³-hybridized carbons (Fsp3) is 0.600. The molecule has 1 aromatic rings. The summed E-state index contributed by atoms with van der Waals surface area (Å²) in [5, 5.41) is 10.2. The lowest BCUT2D eigenvalue weighted by atomic mass is 9.99. The fourth-order valence-electron chi connectivity index (χ4n) is 2.66. The second-order valence-electron chi connectivity index (χ2n) is 5.28. The van der Waals surface area contributed by atoms with Gasteiger partial charge in [0.05, 0.1) is 6.10 Å². The number of rotatable bonds is 6. The topological polar surface area (TPSA) is 29.5 Å². The van der Waals surface area contributed by atoms with Crippen LogP contribution in [0, 0.1) is 11.8 Å². The number of ether oxygens (including phenoxy) is 1. The summed E-state index contributed by atoms with van der Waals surface area (Å²) in [6.07, 6.45) is 1.80. The van der Waals surface area contributed by atoms with Crippen molar-refractivity contribution in [2.75, 3.05) is 13.7 Å². The summed E-state index contributed by atoms with van der Waals surface area (Å²) in [5.41, 5.74) is 1.37. The van der Waals surface area contributed by atoms with Gasteiger partial charge in [0, 0.05) is 13.7 Å². The maximum absolute atomic E-state index is 10.2. The van der Waals surface area contributed by atoms with Crippen LogP contribution < -0.4 is 0 Å². The van der Waals surface area contributed by atoms with E-state index in [1.807, 2.05) is 6.07 Å². The van der Waals surface area contributed by atoms with Crippen molar-refractivity contribution in [3.05, 3.63) is 35.9 Å². The van der Waals surface area contributed by atoms with Gasteiger partial charge < -0.3 is 9.84 Å². The number of hydrogen-bond acceptors (Lipinski definition) is 2. The Kier molecular flexibility index (Phi) is 4.19. The van der Waals surface area contributed by atoms with Gasteiger partial charge in [0.25, 0.3) is 0 Å². The predicted molar refractivity (Wildman–Crippen MR) is 69.0 cm³/mol. The van der Waals surface area contributed by atoms with Gasteiger partial charge in [0.2, 0.25) is 0 Å². The first-order valence-corrected chi connectivity index (χ1v) is 6.44. The summed E-state index contributed by atoms with van der Waals surface area (Å²) in [7, 11) is 1.72. The molecular weight excluding hydrogens is 212 g/mol. The fourth-order valence-corrected chi connectivity index (χ4v) is 2.66. The van der Waals surface area contributed by atoms with E-state index in [9.17, 15) is 5.11 Å². The smallest absolute Gasteiger partial charge is 0.0577 e. The Balaban J connectivity index is 1.82. The van der Waals surface area contributed by atoms with Crippen LogP contribution in [0.1, 0.15) is 31.2 Å². The third-order valence-electron chi connectivity index (χ3n) is 3.66. The van der Waals surface area contributed by atoms with Gasteiger partial charge in [-0.2, -0.15) is 0 Å². The first-order valence-electron chi connectivity index (χ1n) is 6.44. The molecule has 94 valence electrons. The van der Waals surface area contributed by atoms with Crippen molar-refractivity contribution in [2.24, 2.45) is 11.8 Å². The van der Waals surface area contributed by atoms with Crippen molar-refractivity contribution < 1.29 is 9.84 Å². The van der Waals surface area contributed by atoms with E-state index < -0.39 is 0 Å². The average molecular weight is 234 g/mol. The Bertz CT molecular complexity index is 336. The molecule has 1 aromatic carbocycles. The van der Waals surface area contributed by atoms with Crippen LogP contribution in [-0.4, -0.2) is 24.9 Å². The molecule has 0 heterocycles. The molecule has 0 aromatic heterocycles. The lowest BCUT2D eigenvalue weighted by molar-refractivity contribution is 0.0876. The zero-order chi connectivity index (χ0) is 12.3. The SMILES string of the molecule is COCC(C)CC(O)C1CC1c1ccccc1. The van der Waals surface area contributed by atoms with Crippen LogP contribution in [0.15, 0.2) is 30.3 Å². The van der Waals surface area contributed by atoms with Gasteiger partial charge in [0.1, 0.15) is 0 Å². The van der Waals surface area contributed by atoms with Crippen molar-refractivity contribution in [2.45, 2.75) is 31.8 Å². The summed E-state index contributed by atoms with van der Waals surface area (Å²) in [5.74, 6) is 1.46. The quantitative estimate of drug-likeness (QED) is 0.820. The van der Waals surface area contributed by atoms with Gasteiger partial charge >= 0.3 is 0 Å². The molecule has 4 unspecified atom stereocenters. The van der Waals surface area contributed by atoms with E-state index >= 15 is 0 Å². The van der Waals surface area contributed by atoms with Gasteiger partial charge in [-0.05, 0) is 36.2 Å². The van der Waals surface area contributed by atoms with Gasteiger partial charge in [-0.25, -0.2) is 0 Å². The van der Waals surface area contributed by atoms with Crippen LogP contribution in [0.3, 0.4) is 0 Å². The normalized spacial score (nSPS) is 26.5. The van der Waals surface area contributed by atoms with Crippen molar-refractivity contribution >= 4 is 0 Å². The van der Waals surface area contributed by atoms with Gasteiger partial charge in [0.15, 0.2) is 0 Å². The molecule has 0 spiro atoms. The Hall–Kier alpha value is -0.860. The second-order valence-corrected chi connectivity index (χ2v) is 5.28. The Morgan fingerprint density at radius 1 is 1.35 bits per heavy atom. The second kappa shape index (κ2) is 5.65. The first-order chi connectivity index (χ1) is 8.22. The number of benzene rings is 1. The van der Waals surface area contributed by atoms with Crippen molar-refractivity contribution in [3.63, 3.8) is 0 Å². The highest BCUT2D eigenvalue weighted by molar-refractivity contribution is 5.26. The minimum Gasteiger partial charge on any atom is -0.393 e. The van der Waals surface area contributed by atoms with Gasteiger partial charge in [-0.15, -0.1) is 0 Å². The van der Waals surface area contributed by atoms with Crippen molar-refractivity contribution in [1.82, 2.24) is 0 Å². The number of methoxy groups -OCH3 is 1. The molecule has 2 nitrogen and oxygen atoms in total. The highest BCUT2D eigenvalue weighted by Gasteiger charge is 2.43. The predicted octanol–water partition coefficient (Wildman–Crippen LogP) is 2.82. The van der Waals surface area contributed by atoms with Crippen LogP contribution in [0.25, 0.3) is 0 Å². The standard InChI is InChI=1S/C15H22O2/c1-11(10-17-2)8-15(16)14-9-13(14)12-6-4-3-5-7-12/h3-7,11,13-16H,8-10H2,1-2H3. The van der Waals surface area contributed by atoms with Crippen LogP contribution >= 0.6 is 0 Å². The lowest BCUT2D eigenvalue weighted by Gasteiger charge is -2.15. The van der Waals surface area contributed by atoms with Gasteiger partial charge in [-0.1, -0.05) is 37.3 Å².